The van der Waals surface area contributed by atoms with Gasteiger partial charge in [0.15, 0.2) is 0 Å². The van der Waals surface area contributed by atoms with Crippen molar-refractivity contribution >= 4 is 20.9 Å². The SMILES string of the molecule is Cc1ccc(S(=O)(=O)N(C/C=C\CO)Cc2cc3ccccc3n2C)cc1. The number of rotatable bonds is 7. The molecule has 2 aromatic carbocycles. The predicted octanol–water partition coefficient (Wildman–Crippen LogP) is 3.23. The molecule has 0 aliphatic carbocycles. The number of fused-ring (bicyclic) bond motifs is 1. The topological polar surface area (TPSA) is 62.5 Å². The summed E-state index contributed by atoms with van der Waals surface area (Å²) in [4.78, 5) is 0.268. The highest BCUT2D eigenvalue weighted by Crippen LogP contribution is 2.23. The fraction of sp³-hybridized carbons (Fsp3) is 0.238. The van der Waals surface area contributed by atoms with E-state index in [-0.39, 0.29) is 24.6 Å². The summed E-state index contributed by atoms with van der Waals surface area (Å²) in [6.07, 6.45) is 3.23. The average molecular weight is 385 g/mol. The van der Waals surface area contributed by atoms with Crippen LogP contribution in [0.25, 0.3) is 10.9 Å². The molecule has 3 rings (SSSR count). The molecule has 0 bridgehead atoms. The summed E-state index contributed by atoms with van der Waals surface area (Å²) in [5.74, 6) is 0. The van der Waals surface area contributed by atoms with E-state index in [2.05, 4.69) is 0 Å². The first-order chi connectivity index (χ1) is 12.9. The number of hydrogen-bond acceptors (Lipinski definition) is 3. The maximum absolute atomic E-state index is 13.2. The van der Waals surface area contributed by atoms with Crippen molar-refractivity contribution in [1.82, 2.24) is 8.87 Å². The molecule has 0 saturated heterocycles. The van der Waals surface area contributed by atoms with Gasteiger partial charge in [0, 0.05) is 24.8 Å². The van der Waals surface area contributed by atoms with Crippen LogP contribution in [0.2, 0.25) is 0 Å². The number of aliphatic hydroxyl groups is 1. The minimum Gasteiger partial charge on any atom is -0.392 e. The lowest BCUT2D eigenvalue weighted by Crippen LogP contribution is -2.31. The fourth-order valence-corrected chi connectivity index (χ4v) is 4.41. The molecule has 0 unspecified atom stereocenters. The Morgan fingerprint density at radius 3 is 2.44 bits per heavy atom. The van der Waals surface area contributed by atoms with E-state index in [1.54, 1.807) is 36.4 Å². The minimum atomic E-state index is -3.66. The highest BCUT2D eigenvalue weighted by atomic mass is 32.2. The van der Waals surface area contributed by atoms with Crippen molar-refractivity contribution in [2.45, 2.75) is 18.4 Å². The van der Waals surface area contributed by atoms with Crippen LogP contribution in [-0.2, 0) is 23.6 Å². The Hall–Kier alpha value is -2.41. The van der Waals surface area contributed by atoms with Crippen molar-refractivity contribution in [3.8, 4) is 0 Å². The van der Waals surface area contributed by atoms with Gasteiger partial charge < -0.3 is 9.67 Å². The molecule has 3 aromatic rings. The van der Waals surface area contributed by atoms with Gasteiger partial charge in [-0.05, 0) is 36.6 Å². The number of aromatic nitrogens is 1. The maximum Gasteiger partial charge on any atom is 0.243 e. The summed E-state index contributed by atoms with van der Waals surface area (Å²) >= 11 is 0. The zero-order valence-corrected chi connectivity index (χ0v) is 16.4. The molecule has 0 atom stereocenters. The summed E-state index contributed by atoms with van der Waals surface area (Å²) < 4.78 is 29.8. The zero-order valence-electron chi connectivity index (χ0n) is 15.5. The summed E-state index contributed by atoms with van der Waals surface area (Å²) in [7, 11) is -1.72. The number of aryl methyl sites for hydroxylation is 2. The van der Waals surface area contributed by atoms with E-state index in [1.165, 1.54) is 4.31 Å². The summed E-state index contributed by atoms with van der Waals surface area (Å²) in [5, 5.41) is 10.1. The molecule has 0 fully saturated rings. The van der Waals surface area contributed by atoms with Crippen LogP contribution in [0.4, 0.5) is 0 Å². The number of para-hydroxylation sites is 1. The van der Waals surface area contributed by atoms with Gasteiger partial charge in [0.25, 0.3) is 0 Å². The largest absolute Gasteiger partial charge is 0.392 e. The van der Waals surface area contributed by atoms with Crippen molar-refractivity contribution in [3.63, 3.8) is 0 Å². The van der Waals surface area contributed by atoms with Gasteiger partial charge in [-0.15, -0.1) is 0 Å². The number of nitrogens with zero attached hydrogens (tertiary/aromatic N) is 2. The van der Waals surface area contributed by atoms with Crippen LogP contribution in [0.15, 0.2) is 71.6 Å². The van der Waals surface area contributed by atoms with E-state index in [4.69, 9.17) is 5.11 Å². The van der Waals surface area contributed by atoms with Crippen LogP contribution in [0.3, 0.4) is 0 Å². The Kier molecular flexibility index (Phi) is 5.79. The number of sulfonamides is 1. The molecule has 1 aromatic heterocycles. The second-order valence-electron chi connectivity index (χ2n) is 6.52. The third-order valence-corrected chi connectivity index (χ3v) is 6.46. The zero-order chi connectivity index (χ0) is 19.4. The van der Waals surface area contributed by atoms with Gasteiger partial charge >= 0.3 is 0 Å². The first-order valence-corrected chi connectivity index (χ1v) is 10.2. The minimum absolute atomic E-state index is 0.119. The molecular weight excluding hydrogens is 360 g/mol. The Morgan fingerprint density at radius 2 is 1.78 bits per heavy atom. The van der Waals surface area contributed by atoms with Gasteiger partial charge in [-0.3, -0.25) is 0 Å². The quantitative estimate of drug-likeness (QED) is 0.636. The monoisotopic (exact) mass is 384 g/mol. The number of hydrogen-bond donors (Lipinski definition) is 1. The van der Waals surface area contributed by atoms with Crippen molar-refractivity contribution in [1.29, 1.82) is 0 Å². The van der Waals surface area contributed by atoms with E-state index in [0.717, 1.165) is 22.2 Å². The smallest absolute Gasteiger partial charge is 0.243 e. The van der Waals surface area contributed by atoms with Gasteiger partial charge in [-0.1, -0.05) is 48.0 Å². The van der Waals surface area contributed by atoms with E-state index >= 15 is 0 Å². The molecule has 27 heavy (non-hydrogen) atoms. The third kappa shape index (κ3) is 4.13. The van der Waals surface area contributed by atoms with E-state index in [9.17, 15) is 8.42 Å². The van der Waals surface area contributed by atoms with Gasteiger partial charge in [-0.25, -0.2) is 8.42 Å². The van der Waals surface area contributed by atoms with Crippen molar-refractivity contribution in [2.75, 3.05) is 13.2 Å². The Labute approximate surface area is 160 Å². The lowest BCUT2D eigenvalue weighted by molar-refractivity contribution is 0.341. The second kappa shape index (κ2) is 8.08. The number of benzene rings is 2. The van der Waals surface area contributed by atoms with Gasteiger partial charge in [0.05, 0.1) is 18.0 Å². The molecule has 0 radical (unpaired) electrons. The van der Waals surface area contributed by atoms with Crippen LogP contribution < -0.4 is 0 Å². The summed E-state index contributed by atoms with van der Waals surface area (Å²) in [6, 6.07) is 16.9. The third-order valence-electron chi connectivity index (χ3n) is 4.63. The Balaban J connectivity index is 1.98. The van der Waals surface area contributed by atoms with Crippen molar-refractivity contribution in [3.05, 3.63) is 78.0 Å². The first-order valence-electron chi connectivity index (χ1n) is 8.79. The molecule has 1 N–H and O–H groups in total. The normalized spacial score (nSPS) is 12.4. The molecule has 6 heteroatoms. The Morgan fingerprint density at radius 1 is 1.07 bits per heavy atom. The highest BCUT2D eigenvalue weighted by molar-refractivity contribution is 7.89. The number of aliphatic hydroxyl groups excluding tert-OH is 1. The highest BCUT2D eigenvalue weighted by Gasteiger charge is 2.24. The fourth-order valence-electron chi connectivity index (χ4n) is 3.05. The molecule has 0 spiro atoms. The second-order valence-corrected chi connectivity index (χ2v) is 8.46. The first kappa shape index (κ1) is 19.4. The molecule has 1 heterocycles. The van der Waals surface area contributed by atoms with E-state index in [1.807, 2.05) is 48.9 Å². The van der Waals surface area contributed by atoms with Crippen molar-refractivity contribution < 1.29 is 13.5 Å². The maximum atomic E-state index is 13.2. The molecule has 0 saturated carbocycles. The molecule has 0 amide bonds. The summed E-state index contributed by atoms with van der Waals surface area (Å²) in [5.41, 5.74) is 2.98. The molecular formula is C21H24N2O3S. The van der Waals surface area contributed by atoms with Crippen LogP contribution in [0.1, 0.15) is 11.3 Å². The van der Waals surface area contributed by atoms with Crippen molar-refractivity contribution in [2.24, 2.45) is 7.05 Å². The molecule has 0 aliphatic rings. The molecule has 142 valence electrons. The van der Waals surface area contributed by atoms with E-state index in [0.29, 0.717) is 0 Å². The lowest BCUT2D eigenvalue weighted by atomic mass is 10.2. The van der Waals surface area contributed by atoms with Crippen LogP contribution in [-0.4, -0.2) is 35.5 Å². The van der Waals surface area contributed by atoms with Gasteiger partial charge in [0.1, 0.15) is 0 Å². The average Bonchev–Trinajstić information content (AvgIpc) is 2.97. The van der Waals surface area contributed by atoms with E-state index < -0.39 is 10.0 Å². The standard InChI is InChI=1S/C21H24N2O3S/c1-17-9-11-20(12-10-17)27(25,26)23(13-5-6-14-24)16-19-15-18-7-3-4-8-21(18)22(19)2/h3-12,15,24H,13-14,16H2,1-2H3/b6-5-. The van der Waals surface area contributed by atoms with Gasteiger partial charge in [-0.2, -0.15) is 4.31 Å². The molecule has 5 nitrogen and oxygen atoms in total. The molecule has 0 aliphatic heterocycles. The van der Waals surface area contributed by atoms with Crippen LogP contribution in [0, 0.1) is 6.92 Å². The van der Waals surface area contributed by atoms with Crippen LogP contribution in [0.5, 0.6) is 0 Å². The van der Waals surface area contributed by atoms with Gasteiger partial charge in [0.2, 0.25) is 10.0 Å². The predicted molar refractivity (Wildman–Crippen MR) is 108 cm³/mol. The van der Waals surface area contributed by atoms with Crippen LogP contribution >= 0.6 is 0 Å². The Bertz CT molecular complexity index is 1050. The lowest BCUT2D eigenvalue weighted by Gasteiger charge is -2.21. The summed E-state index contributed by atoms with van der Waals surface area (Å²) in [6.45, 7) is 2.25.